The molecule has 1 saturated carbocycles. The molecule has 1 aromatic rings. The van der Waals surface area contributed by atoms with Gasteiger partial charge in [0, 0.05) is 18.8 Å². The van der Waals surface area contributed by atoms with Crippen LogP contribution in [0.5, 0.6) is 0 Å². The highest BCUT2D eigenvalue weighted by molar-refractivity contribution is 5.98. The Kier molecular flexibility index (Phi) is 5.14. The summed E-state index contributed by atoms with van der Waals surface area (Å²) in [6.07, 6.45) is 5.10. The number of anilines is 1. The predicted octanol–water partition coefficient (Wildman–Crippen LogP) is 1.50. The van der Waals surface area contributed by atoms with Crippen LogP contribution in [-0.2, 0) is 11.3 Å². The Bertz CT molecular complexity index is 507. The smallest absolute Gasteiger partial charge is 0.250 e. The second-order valence-electron chi connectivity index (χ2n) is 4.86. The first-order valence-corrected chi connectivity index (χ1v) is 6.36. The summed E-state index contributed by atoms with van der Waals surface area (Å²) in [6, 6.07) is 3.07. The number of nitrogens with zero attached hydrogens (tertiary/aromatic N) is 1. The van der Waals surface area contributed by atoms with Crippen molar-refractivity contribution >= 4 is 24.0 Å². The van der Waals surface area contributed by atoms with Crippen LogP contribution < -0.4 is 16.6 Å². The first-order valence-electron chi connectivity index (χ1n) is 6.36. The van der Waals surface area contributed by atoms with Crippen LogP contribution in [0.1, 0.15) is 32.6 Å². The number of amides is 1. The van der Waals surface area contributed by atoms with Crippen LogP contribution in [0.25, 0.3) is 0 Å². The van der Waals surface area contributed by atoms with Crippen molar-refractivity contribution in [2.75, 3.05) is 5.32 Å². The first kappa shape index (κ1) is 15.7. The molecule has 0 spiro atoms. The first-order chi connectivity index (χ1) is 8.55. The van der Waals surface area contributed by atoms with E-state index < -0.39 is 5.54 Å². The third kappa shape index (κ3) is 3.36. The van der Waals surface area contributed by atoms with Crippen LogP contribution in [0.15, 0.2) is 23.1 Å². The fraction of sp³-hybridized carbons (Fsp3) is 0.538. The molecule has 0 radical (unpaired) electrons. The van der Waals surface area contributed by atoms with Crippen molar-refractivity contribution in [3.8, 4) is 0 Å². The van der Waals surface area contributed by atoms with Crippen molar-refractivity contribution in [2.45, 2.75) is 44.7 Å². The lowest BCUT2D eigenvalue weighted by atomic mass is 9.98. The van der Waals surface area contributed by atoms with Gasteiger partial charge in [0.05, 0.1) is 11.2 Å². The lowest BCUT2D eigenvalue weighted by Crippen LogP contribution is -2.48. The molecule has 0 atom stereocenters. The summed E-state index contributed by atoms with van der Waals surface area (Å²) in [5.74, 6) is -0.152. The molecule has 19 heavy (non-hydrogen) atoms. The number of aromatic nitrogens is 1. The SMILES string of the molecule is CCn1cc(NC(=O)C2(N)CCCC2)ccc1=O.Cl. The summed E-state index contributed by atoms with van der Waals surface area (Å²) in [6.45, 7) is 2.46. The zero-order chi connectivity index (χ0) is 13.2. The monoisotopic (exact) mass is 285 g/mol. The zero-order valence-electron chi connectivity index (χ0n) is 11.0. The third-order valence-corrected chi connectivity index (χ3v) is 3.53. The number of rotatable bonds is 3. The molecular formula is C13H20ClN3O2. The average molecular weight is 286 g/mol. The van der Waals surface area contributed by atoms with Gasteiger partial charge in [-0.1, -0.05) is 12.8 Å². The molecule has 1 fully saturated rings. The Morgan fingerprint density at radius 3 is 2.63 bits per heavy atom. The molecule has 0 aromatic carbocycles. The van der Waals surface area contributed by atoms with E-state index in [0.29, 0.717) is 12.2 Å². The third-order valence-electron chi connectivity index (χ3n) is 3.53. The normalized spacial score (nSPS) is 16.7. The molecule has 5 nitrogen and oxygen atoms in total. The topological polar surface area (TPSA) is 77.1 Å². The van der Waals surface area contributed by atoms with Gasteiger partial charge in [-0.15, -0.1) is 12.4 Å². The summed E-state index contributed by atoms with van der Waals surface area (Å²) in [4.78, 5) is 23.5. The van der Waals surface area contributed by atoms with Crippen LogP contribution in [-0.4, -0.2) is 16.0 Å². The van der Waals surface area contributed by atoms with E-state index in [1.54, 1.807) is 16.8 Å². The number of carbonyl (C=O) groups is 1. The van der Waals surface area contributed by atoms with Gasteiger partial charge in [0.25, 0.3) is 5.56 Å². The number of hydrogen-bond acceptors (Lipinski definition) is 3. The molecule has 1 aromatic heterocycles. The molecule has 3 N–H and O–H groups in total. The largest absolute Gasteiger partial charge is 0.323 e. The van der Waals surface area contributed by atoms with Gasteiger partial charge in [-0.2, -0.15) is 0 Å². The molecule has 1 amide bonds. The molecule has 0 saturated heterocycles. The number of pyridine rings is 1. The van der Waals surface area contributed by atoms with Crippen molar-refractivity contribution in [2.24, 2.45) is 5.73 Å². The van der Waals surface area contributed by atoms with Gasteiger partial charge in [0.2, 0.25) is 5.91 Å². The van der Waals surface area contributed by atoms with Gasteiger partial charge in [0.1, 0.15) is 0 Å². The van der Waals surface area contributed by atoms with E-state index in [0.717, 1.165) is 25.7 Å². The number of halogens is 1. The Balaban J connectivity index is 0.00000180. The molecule has 2 rings (SSSR count). The average Bonchev–Trinajstić information content (AvgIpc) is 2.80. The summed E-state index contributed by atoms with van der Waals surface area (Å²) >= 11 is 0. The lowest BCUT2D eigenvalue weighted by Gasteiger charge is -2.22. The summed E-state index contributed by atoms with van der Waals surface area (Å²) in [7, 11) is 0. The fourth-order valence-corrected chi connectivity index (χ4v) is 2.34. The van der Waals surface area contributed by atoms with E-state index in [-0.39, 0.29) is 23.9 Å². The van der Waals surface area contributed by atoms with Crippen LogP contribution in [0.4, 0.5) is 5.69 Å². The zero-order valence-corrected chi connectivity index (χ0v) is 11.8. The van der Waals surface area contributed by atoms with Gasteiger partial charge in [-0.3, -0.25) is 9.59 Å². The highest BCUT2D eigenvalue weighted by Crippen LogP contribution is 2.28. The van der Waals surface area contributed by atoms with Gasteiger partial charge in [-0.05, 0) is 25.8 Å². The summed E-state index contributed by atoms with van der Waals surface area (Å²) < 4.78 is 1.55. The Labute approximate surface area is 118 Å². The van der Waals surface area contributed by atoms with E-state index in [2.05, 4.69) is 5.32 Å². The maximum atomic E-state index is 12.1. The van der Waals surface area contributed by atoms with Crippen molar-refractivity contribution in [1.29, 1.82) is 0 Å². The number of hydrogen-bond donors (Lipinski definition) is 2. The molecule has 1 aliphatic rings. The highest BCUT2D eigenvalue weighted by atomic mass is 35.5. The Morgan fingerprint density at radius 2 is 2.05 bits per heavy atom. The maximum Gasteiger partial charge on any atom is 0.250 e. The van der Waals surface area contributed by atoms with Crippen molar-refractivity contribution in [1.82, 2.24) is 4.57 Å². The van der Waals surface area contributed by atoms with Gasteiger partial charge in [0.15, 0.2) is 0 Å². The van der Waals surface area contributed by atoms with Crippen LogP contribution in [0, 0.1) is 0 Å². The van der Waals surface area contributed by atoms with Gasteiger partial charge in [-0.25, -0.2) is 0 Å². The second kappa shape index (κ2) is 6.21. The van der Waals surface area contributed by atoms with Crippen molar-refractivity contribution in [3.63, 3.8) is 0 Å². The molecule has 106 valence electrons. The van der Waals surface area contributed by atoms with Crippen LogP contribution >= 0.6 is 12.4 Å². The van der Waals surface area contributed by atoms with Crippen LogP contribution in [0.2, 0.25) is 0 Å². The maximum absolute atomic E-state index is 12.1. The number of nitrogens with two attached hydrogens (primary N) is 1. The van der Waals surface area contributed by atoms with Crippen LogP contribution in [0.3, 0.4) is 0 Å². The standard InChI is InChI=1S/C13H19N3O2.ClH/c1-2-16-9-10(5-6-11(16)17)15-12(18)13(14)7-3-4-8-13;/h5-6,9H,2-4,7-8,14H2,1H3,(H,15,18);1H. The fourth-order valence-electron chi connectivity index (χ4n) is 2.34. The van der Waals surface area contributed by atoms with E-state index in [9.17, 15) is 9.59 Å². The predicted molar refractivity (Wildman–Crippen MR) is 77.6 cm³/mol. The minimum atomic E-state index is -0.743. The van der Waals surface area contributed by atoms with Crippen molar-refractivity contribution in [3.05, 3.63) is 28.7 Å². The van der Waals surface area contributed by atoms with Crippen molar-refractivity contribution < 1.29 is 4.79 Å². The van der Waals surface area contributed by atoms with E-state index in [1.807, 2.05) is 6.92 Å². The minimum absolute atomic E-state index is 0. The highest BCUT2D eigenvalue weighted by Gasteiger charge is 2.36. The molecule has 0 unspecified atom stereocenters. The molecule has 1 aliphatic carbocycles. The Morgan fingerprint density at radius 1 is 1.42 bits per heavy atom. The van der Waals surface area contributed by atoms with E-state index >= 15 is 0 Å². The summed E-state index contributed by atoms with van der Waals surface area (Å²) in [5, 5.41) is 2.80. The van der Waals surface area contributed by atoms with Gasteiger partial charge >= 0.3 is 0 Å². The second-order valence-corrected chi connectivity index (χ2v) is 4.86. The number of nitrogens with one attached hydrogen (secondary N) is 1. The molecule has 6 heteroatoms. The Hall–Kier alpha value is -1.33. The number of carbonyl (C=O) groups excluding carboxylic acids is 1. The molecular weight excluding hydrogens is 266 g/mol. The minimum Gasteiger partial charge on any atom is -0.323 e. The number of aryl methyl sites for hydroxylation is 1. The van der Waals surface area contributed by atoms with E-state index in [4.69, 9.17) is 5.73 Å². The van der Waals surface area contributed by atoms with E-state index in [1.165, 1.54) is 6.07 Å². The summed E-state index contributed by atoms with van der Waals surface area (Å²) in [5.41, 5.74) is 5.88. The molecule has 0 bridgehead atoms. The lowest BCUT2D eigenvalue weighted by molar-refractivity contribution is -0.121. The molecule has 0 aliphatic heterocycles. The quantitative estimate of drug-likeness (QED) is 0.883. The van der Waals surface area contributed by atoms with Gasteiger partial charge < -0.3 is 15.6 Å². The molecule has 1 heterocycles.